The van der Waals surface area contributed by atoms with Crippen LogP contribution in [0.4, 0.5) is 5.69 Å². The third-order valence-electron chi connectivity index (χ3n) is 10.5. The van der Waals surface area contributed by atoms with Crippen molar-refractivity contribution in [2.24, 2.45) is 5.73 Å². The van der Waals surface area contributed by atoms with Gasteiger partial charge in [-0.1, -0.05) is 48.5 Å². The van der Waals surface area contributed by atoms with Crippen LogP contribution in [0.15, 0.2) is 83.9 Å². The number of hydrogen-bond donors (Lipinski definition) is 1. The maximum Gasteiger partial charge on any atom is 0.316 e. The van der Waals surface area contributed by atoms with Crippen molar-refractivity contribution in [2.45, 2.75) is 68.5 Å². The van der Waals surface area contributed by atoms with E-state index >= 15 is 0 Å². The standard InChI is InChI=1S/C39H50N6O4S/c1-28-24-33(48-5)25-29(2)37(28)50(46,47)45-32(26-30-12-9-10-16-36(30)45)27-49-38-41-20-17-35(42-38)34(40)15-11-21-44-22-18-39(19-23-44,43(3)4)31-13-7-6-8-14-31/h6-10,12-14,16-17,20,24-25,32,34H,11,15,18-19,21-23,26-27,40H2,1-5H3/t32-,34?/m0/s1. The predicted octanol–water partition coefficient (Wildman–Crippen LogP) is 5.63. The van der Waals surface area contributed by atoms with Gasteiger partial charge in [-0.25, -0.2) is 13.4 Å². The maximum absolute atomic E-state index is 14.3. The van der Waals surface area contributed by atoms with Gasteiger partial charge in [0.1, 0.15) is 12.4 Å². The van der Waals surface area contributed by atoms with Gasteiger partial charge in [-0.15, -0.1) is 0 Å². The average Bonchev–Trinajstić information content (AvgIpc) is 3.50. The Kier molecular flexibility index (Phi) is 10.8. The Bertz CT molecular complexity index is 1860. The van der Waals surface area contributed by atoms with Gasteiger partial charge in [0.05, 0.1) is 29.4 Å². The van der Waals surface area contributed by atoms with E-state index in [0.717, 1.165) is 50.9 Å². The van der Waals surface area contributed by atoms with E-state index in [2.05, 4.69) is 64.2 Å². The van der Waals surface area contributed by atoms with Crippen molar-refractivity contribution in [3.05, 3.63) is 107 Å². The summed E-state index contributed by atoms with van der Waals surface area (Å²) in [6.07, 6.45) is 6.10. The topological polar surface area (TPSA) is 114 Å². The van der Waals surface area contributed by atoms with Crippen LogP contribution in [0.5, 0.6) is 11.8 Å². The molecule has 3 heterocycles. The molecule has 266 valence electrons. The quantitative estimate of drug-likeness (QED) is 0.190. The summed E-state index contributed by atoms with van der Waals surface area (Å²) in [7, 11) is 2.03. The van der Waals surface area contributed by atoms with Crippen LogP contribution in [0.25, 0.3) is 0 Å². The zero-order valence-electron chi connectivity index (χ0n) is 29.9. The van der Waals surface area contributed by atoms with Crippen molar-refractivity contribution in [1.82, 2.24) is 19.8 Å². The number of ether oxygens (including phenoxy) is 2. The molecule has 0 aliphatic carbocycles. The highest BCUT2D eigenvalue weighted by Gasteiger charge is 2.41. The minimum Gasteiger partial charge on any atom is -0.497 e. The summed E-state index contributed by atoms with van der Waals surface area (Å²) in [6.45, 7) is 6.76. The summed E-state index contributed by atoms with van der Waals surface area (Å²) in [5.74, 6) is 0.622. The molecule has 1 aromatic heterocycles. The first-order chi connectivity index (χ1) is 24.0. The van der Waals surface area contributed by atoms with Crippen LogP contribution in [0, 0.1) is 13.8 Å². The minimum absolute atomic E-state index is 0.0710. The molecule has 2 aliphatic heterocycles. The van der Waals surface area contributed by atoms with E-state index in [-0.39, 0.29) is 29.1 Å². The Labute approximate surface area is 297 Å². The monoisotopic (exact) mass is 698 g/mol. The van der Waals surface area contributed by atoms with Gasteiger partial charge in [-0.3, -0.25) is 9.21 Å². The number of fused-ring (bicyclic) bond motifs is 1. The van der Waals surface area contributed by atoms with Crippen molar-refractivity contribution in [3.8, 4) is 11.8 Å². The first-order valence-electron chi connectivity index (χ1n) is 17.5. The van der Waals surface area contributed by atoms with Crippen LogP contribution in [-0.2, 0) is 22.0 Å². The molecule has 2 N–H and O–H groups in total. The lowest BCUT2D eigenvalue weighted by molar-refractivity contribution is 0.0530. The summed E-state index contributed by atoms with van der Waals surface area (Å²) in [5, 5.41) is 0. The number of piperidine rings is 1. The molecule has 1 unspecified atom stereocenters. The third-order valence-corrected chi connectivity index (χ3v) is 12.7. The first-order valence-corrected chi connectivity index (χ1v) is 18.9. The fraction of sp³-hybridized carbons (Fsp3) is 0.436. The fourth-order valence-electron chi connectivity index (χ4n) is 7.79. The van der Waals surface area contributed by atoms with Gasteiger partial charge in [0.25, 0.3) is 10.0 Å². The highest BCUT2D eigenvalue weighted by Crippen LogP contribution is 2.40. The van der Waals surface area contributed by atoms with Gasteiger partial charge >= 0.3 is 6.01 Å². The second kappa shape index (κ2) is 15.1. The molecule has 4 aromatic rings. The molecule has 3 aromatic carbocycles. The van der Waals surface area contributed by atoms with Crippen molar-refractivity contribution in [2.75, 3.05) is 51.8 Å². The second-order valence-corrected chi connectivity index (χ2v) is 15.6. The van der Waals surface area contributed by atoms with Crippen molar-refractivity contribution >= 4 is 15.7 Å². The number of aromatic nitrogens is 2. The molecular formula is C39H50N6O4S. The molecule has 10 nitrogen and oxygen atoms in total. The van der Waals surface area contributed by atoms with Gasteiger partial charge < -0.3 is 20.1 Å². The van der Waals surface area contributed by atoms with Crippen LogP contribution >= 0.6 is 0 Å². The Morgan fingerprint density at radius 2 is 1.68 bits per heavy atom. The molecule has 1 fully saturated rings. The van der Waals surface area contributed by atoms with Crippen LogP contribution in [-0.4, -0.2) is 81.7 Å². The number of methoxy groups -OCH3 is 1. The highest BCUT2D eigenvalue weighted by atomic mass is 32.2. The number of sulfonamides is 1. The number of likely N-dealkylation sites (tertiary alicyclic amines) is 1. The van der Waals surface area contributed by atoms with Crippen LogP contribution in [0.2, 0.25) is 0 Å². The van der Waals surface area contributed by atoms with Crippen molar-refractivity contribution < 1.29 is 17.9 Å². The molecule has 0 amide bonds. The van der Waals surface area contributed by atoms with E-state index in [9.17, 15) is 8.42 Å². The molecule has 0 saturated carbocycles. The molecule has 2 aliphatic rings. The number of para-hydroxylation sites is 1. The zero-order valence-corrected chi connectivity index (χ0v) is 30.7. The van der Waals surface area contributed by atoms with Crippen LogP contribution in [0.3, 0.4) is 0 Å². The summed E-state index contributed by atoms with van der Waals surface area (Å²) in [6, 6.07) is 23.3. The SMILES string of the molecule is COc1cc(C)c(S(=O)(=O)N2c3ccccc3C[C@H]2COc2nccc(C(N)CCCN3CCC(c4ccccc4)(N(C)C)CC3)n2)c(C)c1. The minimum atomic E-state index is -3.93. The van der Waals surface area contributed by atoms with Crippen LogP contribution in [0.1, 0.15) is 59.7 Å². The molecule has 6 rings (SSSR count). The van der Waals surface area contributed by atoms with Crippen LogP contribution < -0.4 is 19.5 Å². The molecule has 11 heteroatoms. The summed E-state index contributed by atoms with van der Waals surface area (Å²) < 4.78 is 41.7. The van der Waals surface area contributed by atoms with Crippen molar-refractivity contribution in [1.29, 1.82) is 0 Å². The summed E-state index contributed by atoms with van der Waals surface area (Å²) >= 11 is 0. The zero-order chi connectivity index (χ0) is 35.5. The summed E-state index contributed by atoms with van der Waals surface area (Å²) in [5.41, 5.74) is 11.7. The molecular weight excluding hydrogens is 649 g/mol. The number of nitrogens with zero attached hydrogens (tertiary/aromatic N) is 5. The number of rotatable bonds is 13. The van der Waals surface area contributed by atoms with E-state index in [0.29, 0.717) is 34.7 Å². The smallest absolute Gasteiger partial charge is 0.316 e. The molecule has 0 radical (unpaired) electrons. The number of anilines is 1. The van der Waals surface area contributed by atoms with Gasteiger partial charge in [-0.2, -0.15) is 4.98 Å². The van der Waals surface area contributed by atoms with Crippen molar-refractivity contribution in [3.63, 3.8) is 0 Å². The van der Waals surface area contributed by atoms with E-state index in [4.69, 9.17) is 15.2 Å². The van der Waals surface area contributed by atoms with E-state index in [1.165, 1.54) is 9.87 Å². The molecule has 2 atom stereocenters. The number of nitrogens with two attached hydrogens (primary N) is 1. The Balaban J connectivity index is 1.07. The molecule has 0 bridgehead atoms. The first kappa shape index (κ1) is 35.8. The number of benzene rings is 3. The van der Waals surface area contributed by atoms with Gasteiger partial charge in [0, 0.05) is 30.9 Å². The fourth-order valence-corrected chi connectivity index (χ4v) is 9.88. The Hall–Kier alpha value is -4.03. The van der Waals surface area contributed by atoms with Gasteiger partial charge in [-0.05, 0) is 113 Å². The third kappa shape index (κ3) is 7.23. The predicted molar refractivity (Wildman–Crippen MR) is 197 cm³/mol. The lowest BCUT2D eigenvalue weighted by Crippen LogP contribution is -2.50. The highest BCUT2D eigenvalue weighted by molar-refractivity contribution is 7.93. The summed E-state index contributed by atoms with van der Waals surface area (Å²) in [4.78, 5) is 14.2. The Morgan fingerprint density at radius 3 is 2.36 bits per heavy atom. The molecule has 50 heavy (non-hydrogen) atoms. The second-order valence-electron chi connectivity index (χ2n) is 13.8. The molecule has 1 saturated heterocycles. The molecule has 0 spiro atoms. The lowest BCUT2D eigenvalue weighted by atomic mass is 9.80. The van der Waals surface area contributed by atoms with Gasteiger partial charge in [0.2, 0.25) is 0 Å². The normalized spacial score (nSPS) is 18.2. The van der Waals surface area contributed by atoms with Gasteiger partial charge in [0.15, 0.2) is 0 Å². The number of aryl methyl sites for hydroxylation is 2. The average molecular weight is 699 g/mol. The number of hydrogen-bond acceptors (Lipinski definition) is 9. The van der Waals surface area contributed by atoms with E-state index in [1.807, 2.05) is 30.3 Å². The van der Waals surface area contributed by atoms with E-state index < -0.39 is 16.1 Å². The lowest BCUT2D eigenvalue weighted by Gasteiger charge is -2.46. The Morgan fingerprint density at radius 1 is 1.00 bits per heavy atom. The maximum atomic E-state index is 14.3. The largest absolute Gasteiger partial charge is 0.497 e. The van der Waals surface area contributed by atoms with E-state index in [1.54, 1.807) is 39.3 Å².